The van der Waals surface area contributed by atoms with Crippen LogP contribution in [0.15, 0.2) is 18.2 Å². The molecule has 1 aromatic carbocycles. The molecule has 0 radical (unpaired) electrons. The third kappa shape index (κ3) is 5.09. The molecule has 3 N–H and O–H groups in total. The van der Waals surface area contributed by atoms with Gasteiger partial charge in [0, 0.05) is 24.2 Å². The van der Waals surface area contributed by atoms with Crippen LogP contribution >= 0.6 is 36.4 Å². The van der Waals surface area contributed by atoms with Crippen LogP contribution in [0.4, 0.5) is 5.69 Å². The number of benzene rings is 1. The molecular formula is C14H22Cl3N3O2. The molecular weight excluding hydrogens is 349 g/mol. The second kappa shape index (κ2) is 9.30. The number of methoxy groups -OCH3 is 1. The van der Waals surface area contributed by atoms with Gasteiger partial charge < -0.3 is 20.7 Å². The Bertz CT molecular complexity index is 500. The van der Waals surface area contributed by atoms with Gasteiger partial charge in [-0.05, 0) is 31.5 Å². The van der Waals surface area contributed by atoms with Crippen molar-refractivity contribution in [1.29, 1.82) is 0 Å². The van der Waals surface area contributed by atoms with Gasteiger partial charge in [0.15, 0.2) is 0 Å². The van der Waals surface area contributed by atoms with Gasteiger partial charge in [-0.3, -0.25) is 4.79 Å². The van der Waals surface area contributed by atoms with Crippen molar-refractivity contribution in [2.75, 3.05) is 25.1 Å². The molecule has 2 atom stereocenters. The number of carbonyl (C=O) groups excluding carboxylic acids is 1. The maximum absolute atomic E-state index is 11.6. The van der Waals surface area contributed by atoms with E-state index in [-0.39, 0.29) is 36.8 Å². The summed E-state index contributed by atoms with van der Waals surface area (Å²) in [4.78, 5) is 13.8. The molecule has 1 aliphatic rings. The summed E-state index contributed by atoms with van der Waals surface area (Å²) in [5.74, 6) is 0.670. The fourth-order valence-electron chi connectivity index (χ4n) is 2.34. The highest BCUT2D eigenvalue weighted by Gasteiger charge is 2.26. The number of hydrogen-bond donors (Lipinski definition) is 2. The monoisotopic (exact) mass is 369 g/mol. The molecule has 22 heavy (non-hydrogen) atoms. The number of halogens is 3. The van der Waals surface area contributed by atoms with Gasteiger partial charge in [0.25, 0.3) is 0 Å². The Morgan fingerprint density at radius 2 is 2.18 bits per heavy atom. The number of carbonyl (C=O) groups is 1. The molecule has 1 fully saturated rings. The first kappa shape index (κ1) is 21.1. The van der Waals surface area contributed by atoms with Crippen LogP contribution in [0.1, 0.15) is 13.3 Å². The molecule has 0 aromatic heterocycles. The summed E-state index contributed by atoms with van der Waals surface area (Å²) in [5.41, 5.74) is 6.52. The number of anilines is 1. The van der Waals surface area contributed by atoms with E-state index in [9.17, 15) is 4.79 Å². The quantitative estimate of drug-likeness (QED) is 0.853. The molecule has 0 bridgehead atoms. The van der Waals surface area contributed by atoms with E-state index in [4.69, 9.17) is 22.1 Å². The van der Waals surface area contributed by atoms with E-state index in [1.807, 2.05) is 12.1 Å². The highest BCUT2D eigenvalue weighted by Crippen LogP contribution is 2.33. The van der Waals surface area contributed by atoms with Crippen molar-refractivity contribution in [1.82, 2.24) is 5.32 Å². The van der Waals surface area contributed by atoms with Gasteiger partial charge in [0.05, 0.1) is 18.8 Å². The fraction of sp³-hybridized carbons (Fsp3) is 0.500. The summed E-state index contributed by atoms with van der Waals surface area (Å²) >= 11 is 6.05. The number of nitrogens with zero attached hydrogens (tertiary/aromatic N) is 1. The predicted molar refractivity (Wildman–Crippen MR) is 94.9 cm³/mol. The Balaban J connectivity index is 0.00000220. The van der Waals surface area contributed by atoms with Crippen molar-refractivity contribution in [3.05, 3.63) is 23.2 Å². The van der Waals surface area contributed by atoms with E-state index >= 15 is 0 Å². The Morgan fingerprint density at radius 3 is 2.77 bits per heavy atom. The zero-order chi connectivity index (χ0) is 14.7. The lowest BCUT2D eigenvalue weighted by Crippen LogP contribution is -2.44. The lowest BCUT2D eigenvalue weighted by atomic mass is 10.2. The highest BCUT2D eigenvalue weighted by molar-refractivity contribution is 6.30. The second-order valence-electron chi connectivity index (χ2n) is 5.05. The van der Waals surface area contributed by atoms with Crippen molar-refractivity contribution in [2.24, 2.45) is 5.73 Å². The summed E-state index contributed by atoms with van der Waals surface area (Å²) in [5, 5.41) is 3.62. The number of hydrogen-bond acceptors (Lipinski definition) is 4. The van der Waals surface area contributed by atoms with E-state index in [1.54, 1.807) is 20.1 Å². The lowest BCUT2D eigenvalue weighted by molar-refractivity contribution is -0.122. The van der Waals surface area contributed by atoms with Gasteiger partial charge in [-0.2, -0.15) is 0 Å². The number of nitrogens with one attached hydrogen (secondary N) is 1. The number of rotatable bonds is 4. The van der Waals surface area contributed by atoms with Crippen molar-refractivity contribution in [3.8, 4) is 5.75 Å². The molecule has 1 heterocycles. The summed E-state index contributed by atoms with van der Waals surface area (Å²) in [6.45, 7) is 3.26. The van der Waals surface area contributed by atoms with E-state index in [0.717, 1.165) is 30.9 Å². The smallest absolute Gasteiger partial charge is 0.236 e. The fourth-order valence-corrected chi connectivity index (χ4v) is 2.51. The minimum Gasteiger partial charge on any atom is -0.495 e. The third-order valence-electron chi connectivity index (χ3n) is 3.43. The highest BCUT2D eigenvalue weighted by atomic mass is 35.5. The lowest BCUT2D eigenvalue weighted by Gasteiger charge is -2.22. The normalized spacial score (nSPS) is 18.0. The van der Waals surface area contributed by atoms with Crippen LogP contribution in [0.25, 0.3) is 0 Å². The molecule has 0 spiro atoms. The van der Waals surface area contributed by atoms with E-state index in [1.165, 1.54) is 0 Å². The Morgan fingerprint density at radius 1 is 1.50 bits per heavy atom. The van der Waals surface area contributed by atoms with Crippen LogP contribution in [0.3, 0.4) is 0 Å². The Labute approximate surface area is 148 Å². The van der Waals surface area contributed by atoms with Gasteiger partial charge in [0.1, 0.15) is 5.75 Å². The van der Waals surface area contributed by atoms with Crippen LogP contribution in [-0.2, 0) is 4.79 Å². The minimum atomic E-state index is -0.482. The average Bonchev–Trinajstić information content (AvgIpc) is 2.87. The standard InChI is InChI=1S/C14H20ClN3O2.2ClH/c1-9(16)14(19)17-11-5-6-18(8-11)12-7-10(15)3-4-13(12)20-2;;/h3-4,7,9,11H,5-6,8,16H2,1-2H3,(H,17,19);2*1H/t9-,11?;;/m1../s1. The predicted octanol–water partition coefficient (Wildman–Crippen LogP) is 2.23. The molecule has 1 saturated heterocycles. The SMILES string of the molecule is COc1ccc(Cl)cc1N1CCC(NC(=O)[C@@H](C)N)C1.Cl.Cl. The molecule has 8 heteroatoms. The van der Waals surface area contributed by atoms with Crippen LogP contribution < -0.4 is 20.7 Å². The van der Waals surface area contributed by atoms with Crippen molar-refractivity contribution in [2.45, 2.75) is 25.4 Å². The first-order chi connectivity index (χ1) is 9.51. The van der Waals surface area contributed by atoms with Crippen LogP contribution in [0, 0.1) is 0 Å². The molecule has 1 amide bonds. The molecule has 5 nitrogen and oxygen atoms in total. The number of amides is 1. The van der Waals surface area contributed by atoms with Crippen LogP contribution in [-0.4, -0.2) is 38.2 Å². The molecule has 0 aliphatic carbocycles. The van der Waals surface area contributed by atoms with Crippen LogP contribution in [0.2, 0.25) is 5.02 Å². The molecule has 126 valence electrons. The first-order valence-electron chi connectivity index (χ1n) is 6.65. The molecule has 1 aromatic rings. The van der Waals surface area contributed by atoms with Gasteiger partial charge in [-0.1, -0.05) is 11.6 Å². The minimum absolute atomic E-state index is 0. The van der Waals surface area contributed by atoms with Crippen molar-refractivity contribution in [3.63, 3.8) is 0 Å². The van der Waals surface area contributed by atoms with Crippen LogP contribution in [0.5, 0.6) is 5.75 Å². The number of nitrogens with two attached hydrogens (primary N) is 1. The molecule has 0 saturated carbocycles. The van der Waals surface area contributed by atoms with E-state index in [0.29, 0.717) is 5.02 Å². The molecule has 2 rings (SSSR count). The summed E-state index contributed by atoms with van der Waals surface area (Å²) in [7, 11) is 1.64. The zero-order valence-electron chi connectivity index (χ0n) is 12.5. The van der Waals surface area contributed by atoms with Gasteiger partial charge in [-0.15, -0.1) is 24.8 Å². The third-order valence-corrected chi connectivity index (χ3v) is 3.66. The first-order valence-corrected chi connectivity index (χ1v) is 7.03. The van der Waals surface area contributed by atoms with Crippen molar-refractivity contribution >= 4 is 48.0 Å². The van der Waals surface area contributed by atoms with Gasteiger partial charge in [0.2, 0.25) is 5.91 Å². The number of ether oxygens (including phenoxy) is 1. The summed E-state index contributed by atoms with van der Waals surface area (Å²) in [6, 6.07) is 5.17. The second-order valence-corrected chi connectivity index (χ2v) is 5.48. The average molecular weight is 371 g/mol. The molecule has 1 aliphatic heterocycles. The topological polar surface area (TPSA) is 67.6 Å². The summed E-state index contributed by atoms with van der Waals surface area (Å²) in [6.07, 6.45) is 0.883. The molecule has 1 unspecified atom stereocenters. The Kier molecular flexibility index (Phi) is 8.93. The van der Waals surface area contributed by atoms with Gasteiger partial charge >= 0.3 is 0 Å². The van der Waals surface area contributed by atoms with E-state index in [2.05, 4.69) is 10.2 Å². The Hall–Kier alpha value is -0.880. The van der Waals surface area contributed by atoms with E-state index < -0.39 is 6.04 Å². The van der Waals surface area contributed by atoms with Gasteiger partial charge in [-0.25, -0.2) is 0 Å². The largest absolute Gasteiger partial charge is 0.495 e. The zero-order valence-corrected chi connectivity index (χ0v) is 14.9. The maximum atomic E-state index is 11.6. The van der Waals surface area contributed by atoms with Crippen molar-refractivity contribution < 1.29 is 9.53 Å². The summed E-state index contributed by atoms with van der Waals surface area (Å²) < 4.78 is 5.36. The maximum Gasteiger partial charge on any atom is 0.236 e.